The van der Waals surface area contributed by atoms with Crippen molar-refractivity contribution in [2.24, 2.45) is 11.7 Å². The Morgan fingerprint density at radius 3 is 2.74 bits per heavy atom. The Labute approximate surface area is 119 Å². The Balaban J connectivity index is 2.92. The summed E-state index contributed by atoms with van der Waals surface area (Å²) in [6.45, 7) is 5.39. The lowest BCUT2D eigenvalue weighted by atomic mass is 9.95. The van der Waals surface area contributed by atoms with E-state index in [1.165, 1.54) is 6.20 Å². The number of ketones is 1. The van der Waals surface area contributed by atoms with Crippen molar-refractivity contribution in [1.29, 1.82) is 0 Å². The molecule has 2 atom stereocenters. The van der Waals surface area contributed by atoms with Gasteiger partial charge >= 0.3 is 0 Å². The van der Waals surface area contributed by atoms with E-state index in [4.69, 9.17) is 17.3 Å². The highest BCUT2D eigenvalue weighted by atomic mass is 35.5. The van der Waals surface area contributed by atoms with E-state index >= 15 is 0 Å². The number of nitrogens with two attached hydrogens (primary N) is 1. The van der Waals surface area contributed by atoms with Crippen LogP contribution in [0.15, 0.2) is 6.20 Å². The van der Waals surface area contributed by atoms with Gasteiger partial charge in [0.25, 0.3) is 0 Å². The maximum absolute atomic E-state index is 12.4. The second kappa shape index (κ2) is 7.03. The number of carbonyl (C=O) groups excluding carboxylic acids is 1. The van der Waals surface area contributed by atoms with Crippen LogP contribution in [0.5, 0.6) is 0 Å². The number of halogens is 1. The van der Waals surface area contributed by atoms with Crippen LogP contribution >= 0.6 is 11.6 Å². The summed E-state index contributed by atoms with van der Waals surface area (Å²) in [5.74, 6) is -0.00336. The van der Waals surface area contributed by atoms with Crippen LogP contribution in [0.25, 0.3) is 0 Å². The standard InChI is InChI=1S/C13H23ClN4O/c1-5-9(2)11(15)13(19)12-10(14)8-16-18(12)7-6-17(3)4/h8-9,11H,5-7,15H2,1-4H3. The highest BCUT2D eigenvalue weighted by Crippen LogP contribution is 2.19. The van der Waals surface area contributed by atoms with E-state index < -0.39 is 6.04 Å². The molecular weight excluding hydrogens is 264 g/mol. The highest BCUT2D eigenvalue weighted by molar-refractivity contribution is 6.33. The normalized spacial score (nSPS) is 14.7. The Morgan fingerprint density at radius 1 is 1.58 bits per heavy atom. The fourth-order valence-corrected chi connectivity index (χ4v) is 1.98. The van der Waals surface area contributed by atoms with Crippen molar-refractivity contribution in [2.75, 3.05) is 20.6 Å². The molecule has 0 aromatic carbocycles. The largest absolute Gasteiger partial charge is 0.321 e. The summed E-state index contributed by atoms with van der Waals surface area (Å²) in [6, 6.07) is -0.530. The van der Waals surface area contributed by atoms with Gasteiger partial charge in [-0.2, -0.15) is 5.10 Å². The molecule has 2 N–H and O–H groups in total. The summed E-state index contributed by atoms with van der Waals surface area (Å²) in [5, 5.41) is 4.54. The summed E-state index contributed by atoms with van der Waals surface area (Å²) in [5.41, 5.74) is 6.42. The monoisotopic (exact) mass is 286 g/mol. The molecule has 0 aliphatic carbocycles. The van der Waals surface area contributed by atoms with Crippen molar-refractivity contribution in [3.63, 3.8) is 0 Å². The molecule has 0 aliphatic heterocycles. The molecule has 0 saturated heterocycles. The van der Waals surface area contributed by atoms with Crippen LogP contribution < -0.4 is 5.73 Å². The Bertz CT molecular complexity index is 430. The van der Waals surface area contributed by atoms with Crippen LogP contribution in [-0.2, 0) is 6.54 Å². The second-order valence-electron chi connectivity index (χ2n) is 5.14. The number of likely N-dealkylation sites (N-methyl/N-ethyl adjacent to an activating group) is 1. The number of Topliss-reactive ketones (excluding diaryl/α,β-unsaturated/α-hetero) is 1. The Kier molecular flexibility index (Phi) is 5.97. The van der Waals surface area contributed by atoms with E-state index in [1.54, 1.807) is 4.68 Å². The molecule has 0 spiro atoms. The molecule has 0 saturated carbocycles. The molecule has 1 heterocycles. The summed E-state index contributed by atoms with van der Waals surface area (Å²) in [4.78, 5) is 14.4. The minimum atomic E-state index is -0.530. The third-order valence-corrected chi connectivity index (χ3v) is 3.62. The van der Waals surface area contributed by atoms with Crippen LogP contribution in [0.1, 0.15) is 30.8 Å². The number of nitrogens with zero attached hydrogens (tertiary/aromatic N) is 3. The maximum atomic E-state index is 12.4. The first-order valence-electron chi connectivity index (χ1n) is 6.54. The molecule has 2 unspecified atom stereocenters. The number of aromatic nitrogens is 2. The summed E-state index contributed by atoms with van der Waals surface area (Å²) < 4.78 is 1.65. The molecule has 1 aromatic heterocycles. The fourth-order valence-electron chi connectivity index (χ4n) is 1.74. The summed E-state index contributed by atoms with van der Waals surface area (Å²) >= 11 is 6.07. The topological polar surface area (TPSA) is 64.2 Å². The third-order valence-electron chi connectivity index (χ3n) is 3.35. The molecule has 6 heteroatoms. The third kappa shape index (κ3) is 4.03. The van der Waals surface area contributed by atoms with Gasteiger partial charge in [0.15, 0.2) is 5.78 Å². The zero-order chi connectivity index (χ0) is 14.6. The minimum absolute atomic E-state index is 0.126. The predicted octanol–water partition coefficient (Wildman–Crippen LogP) is 1.65. The van der Waals surface area contributed by atoms with Gasteiger partial charge in [-0.05, 0) is 20.0 Å². The molecule has 0 radical (unpaired) electrons. The fraction of sp³-hybridized carbons (Fsp3) is 0.692. The van der Waals surface area contributed by atoms with Gasteiger partial charge in [-0.1, -0.05) is 31.9 Å². The van der Waals surface area contributed by atoms with E-state index in [2.05, 4.69) is 5.10 Å². The predicted molar refractivity (Wildman–Crippen MR) is 77.6 cm³/mol. The molecule has 0 bridgehead atoms. The van der Waals surface area contributed by atoms with Crippen molar-refractivity contribution >= 4 is 17.4 Å². The van der Waals surface area contributed by atoms with Crippen molar-refractivity contribution in [3.05, 3.63) is 16.9 Å². The number of carbonyl (C=O) groups is 1. The molecule has 19 heavy (non-hydrogen) atoms. The van der Waals surface area contributed by atoms with Gasteiger partial charge in [-0.3, -0.25) is 9.48 Å². The van der Waals surface area contributed by atoms with Crippen molar-refractivity contribution < 1.29 is 4.79 Å². The Hall–Kier alpha value is -0.910. The van der Waals surface area contributed by atoms with Gasteiger partial charge < -0.3 is 10.6 Å². The molecular formula is C13H23ClN4O. The summed E-state index contributed by atoms with van der Waals surface area (Å²) in [7, 11) is 3.94. The van der Waals surface area contributed by atoms with E-state index in [9.17, 15) is 4.79 Å². The Morgan fingerprint density at radius 2 is 2.21 bits per heavy atom. The average molecular weight is 287 g/mol. The average Bonchev–Trinajstić information content (AvgIpc) is 2.74. The first-order valence-corrected chi connectivity index (χ1v) is 6.92. The van der Waals surface area contributed by atoms with Crippen LogP contribution in [-0.4, -0.2) is 47.1 Å². The lowest BCUT2D eigenvalue weighted by Gasteiger charge is -2.18. The van der Waals surface area contributed by atoms with Crippen LogP contribution in [0.2, 0.25) is 5.02 Å². The van der Waals surface area contributed by atoms with Gasteiger partial charge in [-0.15, -0.1) is 0 Å². The lowest BCUT2D eigenvalue weighted by Crippen LogP contribution is -2.38. The molecule has 0 fully saturated rings. The molecule has 1 rings (SSSR count). The zero-order valence-corrected chi connectivity index (χ0v) is 12.8. The maximum Gasteiger partial charge on any atom is 0.199 e. The number of hydrogen-bond acceptors (Lipinski definition) is 4. The molecule has 0 amide bonds. The van der Waals surface area contributed by atoms with E-state index in [0.717, 1.165) is 13.0 Å². The van der Waals surface area contributed by atoms with Crippen LogP contribution in [0.4, 0.5) is 0 Å². The van der Waals surface area contributed by atoms with Crippen molar-refractivity contribution in [2.45, 2.75) is 32.9 Å². The van der Waals surface area contributed by atoms with E-state index in [1.807, 2.05) is 32.8 Å². The van der Waals surface area contributed by atoms with Crippen molar-refractivity contribution in [3.8, 4) is 0 Å². The second-order valence-corrected chi connectivity index (χ2v) is 5.55. The van der Waals surface area contributed by atoms with Gasteiger partial charge in [0.2, 0.25) is 0 Å². The van der Waals surface area contributed by atoms with Gasteiger partial charge in [0, 0.05) is 6.54 Å². The molecule has 0 aliphatic rings. The molecule has 108 valence electrons. The SMILES string of the molecule is CCC(C)C(N)C(=O)c1c(Cl)cnn1CCN(C)C. The first-order chi connectivity index (χ1) is 8.88. The highest BCUT2D eigenvalue weighted by Gasteiger charge is 2.26. The molecule has 5 nitrogen and oxygen atoms in total. The van der Waals surface area contributed by atoms with Crippen LogP contribution in [0, 0.1) is 5.92 Å². The van der Waals surface area contributed by atoms with Gasteiger partial charge in [0.05, 0.1) is 23.8 Å². The number of rotatable bonds is 7. The van der Waals surface area contributed by atoms with E-state index in [-0.39, 0.29) is 11.7 Å². The number of hydrogen-bond donors (Lipinski definition) is 1. The smallest absolute Gasteiger partial charge is 0.199 e. The van der Waals surface area contributed by atoms with Crippen molar-refractivity contribution in [1.82, 2.24) is 14.7 Å². The minimum Gasteiger partial charge on any atom is -0.321 e. The van der Waals surface area contributed by atoms with Gasteiger partial charge in [-0.25, -0.2) is 0 Å². The quantitative estimate of drug-likeness (QED) is 0.774. The van der Waals surface area contributed by atoms with Gasteiger partial charge in [0.1, 0.15) is 5.69 Å². The lowest BCUT2D eigenvalue weighted by molar-refractivity contribution is 0.0923. The van der Waals surface area contributed by atoms with E-state index in [0.29, 0.717) is 17.3 Å². The van der Waals surface area contributed by atoms with Crippen LogP contribution in [0.3, 0.4) is 0 Å². The zero-order valence-electron chi connectivity index (χ0n) is 12.1. The first kappa shape index (κ1) is 16.1. The molecule has 1 aromatic rings. The summed E-state index contributed by atoms with van der Waals surface area (Å²) in [6.07, 6.45) is 2.37.